The lowest BCUT2D eigenvalue weighted by Gasteiger charge is -2.43. The third kappa shape index (κ3) is 4.21. The number of aromatic nitrogens is 4. The number of rotatable bonds is 4. The van der Waals surface area contributed by atoms with Gasteiger partial charge in [0.05, 0.1) is 17.8 Å². The maximum absolute atomic E-state index is 14.4. The van der Waals surface area contributed by atoms with Crippen molar-refractivity contribution < 1.29 is 27.1 Å². The van der Waals surface area contributed by atoms with Crippen LogP contribution in [0.3, 0.4) is 0 Å². The van der Waals surface area contributed by atoms with E-state index in [0.717, 1.165) is 36.3 Å². The summed E-state index contributed by atoms with van der Waals surface area (Å²) in [6.45, 7) is 2.09. The van der Waals surface area contributed by atoms with Crippen LogP contribution in [-0.4, -0.2) is 58.2 Å². The van der Waals surface area contributed by atoms with Crippen molar-refractivity contribution in [3.8, 4) is 5.75 Å². The number of urea groups is 1. The second-order valence-electron chi connectivity index (χ2n) is 7.83. The monoisotopic (exact) mass is 443 g/mol. The summed E-state index contributed by atoms with van der Waals surface area (Å²) in [5, 5.41) is 17.0. The Balaban J connectivity index is 1.48. The van der Waals surface area contributed by atoms with Crippen LogP contribution in [0, 0.1) is 11.7 Å². The minimum atomic E-state index is -4.93. The molecule has 2 fully saturated rings. The van der Waals surface area contributed by atoms with Gasteiger partial charge in [-0.3, -0.25) is 4.90 Å². The number of fused-ring (bicyclic) bond motifs is 2. The summed E-state index contributed by atoms with van der Waals surface area (Å²) >= 11 is 0. The van der Waals surface area contributed by atoms with E-state index in [0.29, 0.717) is 12.0 Å². The first-order valence-electron chi connectivity index (χ1n) is 9.75. The number of halogens is 4. The van der Waals surface area contributed by atoms with Crippen LogP contribution in [0.2, 0.25) is 0 Å². The zero-order chi connectivity index (χ0) is 22.3. The number of amides is 2. The largest absolute Gasteiger partial charge is 0.573 e. The lowest BCUT2D eigenvalue weighted by atomic mass is 9.88. The smallest absolute Gasteiger partial charge is 0.406 e. The van der Waals surface area contributed by atoms with Crippen molar-refractivity contribution in [2.75, 3.05) is 16.8 Å². The van der Waals surface area contributed by atoms with E-state index in [4.69, 9.17) is 0 Å². The van der Waals surface area contributed by atoms with Crippen LogP contribution in [0.4, 0.5) is 34.0 Å². The molecule has 0 saturated carbocycles. The van der Waals surface area contributed by atoms with Gasteiger partial charge in [-0.15, -0.1) is 13.2 Å². The Morgan fingerprint density at radius 1 is 1.32 bits per heavy atom. The number of aromatic amines is 1. The van der Waals surface area contributed by atoms with Crippen molar-refractivity contribution in [1.29, 1.82) is 0 Å². The predicted octanol–water partition coefficient (Wildman–Crippen LogP) is 2.83. The third-order valence-corrected chi connectivity index (χ3v) is 5.93. The first-order chi connectivity index (χ1) is 14.6. The third-order valence-electron chi connectivity index (χ3n) is 5.93. The first kappa shape index (κ1) is 21.1. The molecule has 0 aliphatic carbocycles. The Kier molecular flexibility index (Phi) is 5.35. The number of tetrazole rings is 1. The summed E-state index contributed by atoms with van der Waals surface area (Å²) in [6.07, 6.45) is -2.43. The molecule has 4 rings (SSSR count). The number of carbonyl (C=O) groups is 1. The Labute approximate surface area is 174 Å². The number of benzene rings is 1. The van der Waals surface area contributed by atoms with E-state index >= 15 is 0 Å². The van der Waals surface area contributed by atoms with Gasteiger partial charge in [-0.1, -0.05) is 12.0 Å². The standard InChI is InChI=1S/C18H21F4N7O2/c1-9-7-12(15-6-5-13(9)29(15)16-24-26-27-25-16)23-17(30)28(2)14-4-3-10(8-11(14)19)31-18(20,21)22/h3-4,8-9,12-13,15H,5-7H2,1-2H3,(H,23,30)(H,24,25,26,27)/t9-,12-,13+,15-/m0/s1. The molecule has 1 aromatic carbocycles. The summed E-state index contributed by atoms with van der Waals surface area (Å²) in [7, 11) is 1.35. The summed E-state index contributed by atoms with van der Waals surface area (Å²) in [5.41, 5.74) is -0.170. The molecule has 31 heavy (non-hydrogen) atoms. The van der Waals surface area contributed by atoms with Gasteiger partial charge < -0.3 is 15.0 Å². The molecule has 168 valence electrons. The molecule has 2 bridgehead atoms. The van der Waals surface area contributed by atoms with Gasteiger partial charge >= 0.3 is 12.4 Å². The molecule has 0 spiro atoms. The number of ether oxygens (including phenoxy) is 1. The fourth-order valence-electron chi connectivity index (χ4n) is 4.59. The van der Waals surface area contributed by atoms with E-state index in [1.807, 2.05) is 0 Å². The number of nitrogens with zero attached hydrogens (tertiary/aromatic N) is 5. The van der Waals surface area contributed by atoms with Crippen molar-refractivity contribution in [2.24, 2.45) is 5.92 Å². The van der Waals surface area contributed by atoms with Gasteiger partial charge in [0.25, 0.3) is 0 Å². The summed E-state index contributed by atoms with van der Waals surface area (Å²) in [6, 6.07) is 2.04. The molecule has 13 heteroatoms. The Morgan fingerprint density at radius 2 is 2.06 bits per heavy atom. The van der Waals surface area contributed by atoms with Crippen molar-refractivity contribution >= 4 is 17.7 Å². The van der Waals surface area contributed by atoms with Crippen molar-refractivity contribution in [3.63, 3.8) is 0 Å². The van der Waals surface area contributed by atoms with Crippen LogP contribution in [-0.2, 0) is 0 Å². The highest BCUT2D eigenvalue weighted by Crippen LogP contribution is 2.41. The topological polar surface area (TPSA) is 99.3 Å². The maximum Gasteiger partial charge on any atom is 0.573 e. The van der Waals surface area contributed by atoms with Gasteiger partial charge in [0.15, 0.2) is 5.82 Å². The molecule has 9 nitrogen and oxygen atoms in total. The van der Waals surface area contributed by atoms with Crippen LogP contribution in [0.15, 0.2) is 18.2 Å². The molecule has 1 aromatic heterocycles. The number of hydrogen-bond donors (Lipinski definition) is 2. The van der Waals surface area contributed by atoms with E-state index in [-0.39, 0.29) is 29.7 Å². The van der Waals surface area contributed by atoms with Crippen molar-refractivity contribution in [3.05, 3.63) is 24.0 Å². The summed E-state index contributed by atoms with van der Waals surface area (Å²) < 4.78 is 55.0. The number of alkyl halides is 3. The van der Waals surface area contributed by atoms with Gasteiger partial charge in [0.1, 0.15) is 5.75 Å². The van der Waals surface area contributed by atoms with E-state index in [1.165, 1.54) is 7.05 Å². The van der Waals surface area contributed by atoms with E-state index in [9.17, 15) is 22.4 Å². The predicted molar refractivity (Wildman–Crippen MR) is 101 cm³/mol. The molecule has 4 atom stereocenters. The van der Waals surface area contributed by atoms with Crippen molar-refractivity contribution in [1.82, 2.24) is 25.9 Å². The number of nitrogens with one attached hydrogen (secondary N) is 2. The van der Waals surface area contributed by atoms with Crippen molar-refractivity contribution in [2.45, 2.75) is 50.7 Å². The fraction of sp³-hybridized carbons (Fsp3) is 0.556. The maximum atomic E-state index is 14.4. The number of piperidine rings is 1. The molecule has 2 aliphatic rings. The molecule has 2 saturated heterocycles. The lowest BCUT2D eigenvalue weighted by Crippen LogP contribution is -2.59. The Morgan fingerprint density at radius 3 is 2.71 bits per heavy atom. The minimum absolute atomic E-state index is 0.0271. The number of anilines is 2. The molecular formula is C18H21F4N7O2. The van der Waals surface area contributed by atoms with Gasteiger partial charge in [-0.2, -0.15) is 0 Å². The van der Waals surface area contributed by atoms with E-state index in [2.05, 4.69) is 42.5 Å². The first-order valence-corrected chi connectivity index (χ1v) is 9.75. The zero-order valence-corrected chi connectivity index (χ0v) is 16.7. The molecule has 2 aromatic rings. The Hall–Kier alpha value is -3.12. The minimum Gasteiger partial charge on any atom is -0.406 e. The van der Waals surface area contributed by atoms with Crippen LogP contribution < -0.4 is 19.9 Å². The highest BCUT2D eigenvalue weighted by molar-refractivity contribution is 5.92. The molecule has 2 N–H and O–H groups in total. The van der Waals surface area contributed by atoms with Crippen LogP contribution in [0.1, 0.15) is 26.2 Å². The zero-order valence-electron chi connectivity index (χ0n) is 16.7. The number of hydrogen-bond acceptors (Lipinski definition) is 6. The van der Waals surface area contributed by atoms with Crippen LogP contribution in [0.25, 0.3) is 0 Å². The molecular weight excluding hydrogens is 422 g/mol. The molecule has 0 unspecified atom stereocenters. The van der Waals surface area contributed by atoms with Gasteiger partial charge in [0.2, 0.25) is 5.95 Å². The van der Waals surface area contributed by atoms with Crippen LogP contribution >= 0.6 is 0 Å². The second kappa shape index (κ2) is 7.85. The van der Waals surface area contributed by atoms with Gasteiger partial charge in [-0.25, -0.2) is 14.3 Å². The highest BCUT2D eigenvalue weighted by atomic mass is 19.4. The summed E-state index contributed by atoms with van der Waals surface area (Å²) in [5.74, 6) is -0.906. The van der Waals surface area contributed by atoms with Gasteiger partial charge in [-0.05, 0) is 47.7 Å². The molecule has 3 heterocycles. The SMILES string of the molecule is C[C@H]1C[C@H](NC(=O)N(C)c2ccc(OC(F)(F)F)cc2F)[C@@H]2CC[C@H]1N2c1nnn[nH]1. The second-order valence-corrected chi connectivity index (χ2v) is 7.83. The normalized spacial score (nSPS) is 25.4. The number of carbonyl (C=O) groups excluding carboxylic acids is 1. The number of H-pyrrole nitrogens is 1. The van der Waals surface area contributed by atoms with E-state index in [1.54, 1.807) is 0 Å². The van der Waals surface area contributed by atoms with Crippen LogP contribution in [0.5, 0.6) is 5.75 Å². The lowest BCUT2D eigenvalue weighted by molar-refractivity contribution is -0.274. The molecule has 2 amide bonds. The van der Waals surface area contributed by atoms with E-state index < -0.39 is 24.0 Å². The summed E-state index contributed by atoms with van der Waals surface area (Å²) in [4.78, 5) is 15.9. The average Bonchev–Trinajstić information content (AvgIpc) is 3.32. The quantitative estimate of drug-likeness (QED) is 0.706. The highest BCUT2D eigenvalue weighted by Gasteiger charge is 2.48. The molecule has 2 aliphatic heterocycles. The molecule has 0 radical (unpaired) electrons. The fourth-order valence-corrected chi connectivity index (χ4v) is 4.59. The van der Waals surface area contributed by atoms with Gasteiger partial charge in [0, 0.05) is 19.2 Å². The average molecular weight is 443 g/mol. The Bertz CT molecular complexity index is 939.